The third kappa shape index (κ3) is 5.21. The van der Waals surface area contributed by atoms with E-state index >= 15 is 0 Å². The van der Waals surface area contributed by atoms with Gasteiger partial charge >= 0.3 is 0 Å². The molecule has 4 aromatic rings. The van der Waals surface area contributed by atoms with E-state index in [1.54, 1.807) is 24.5 Å². The number of piperidine rings is 1. The summed E-state index contributed by atoms with van der Waals surface area (Å²) in [5.74, 6) is -0.366. The van der Waals surface area contributed by atoms with E-state index in [-0.39, 0.29) is 23.7 Å². The van der Waals surface area contributed by atoms with Gasteiger partial charge in [0.15, 0.2) is 0 Å². The Morgan fingerprint density at radius 1 is 0.868 bits per heavy atom. The van der Waals surface area contributed by atoms with Crippen molar-refractivity contribution in [1.29, 1.82) is 0 Å². The van der Waals surface area contributed by atoms with E-state index in [0.29, 0.717) is 31.5 Å². The summed E-state index contributed by atoms with van der Waals surface area (Å²) in [5.41, 5.74) is 3.59. The molecule has 0 radical (unpaired) electrons. The number of rotatable bonds is 6. The topological polar surface area (TPSA) is 62.3 Å². The van der Waals surface area contributed by atoms with Crippen LogP contribution < -0.4 is 5.32 Å². The summed E-state index contributed by atoms with van der Waals surface area (Å²) in [7, 11) is 0. The molecule has 0 saturated carbocycles. The van der Waals surface area contributed by atoms with Gasteiger partial charge in [0, 0.05) is 31.0 Å². The van der Waals surface area contributed by atoms with Crippen LogP contribution in [-0.2, 0) is 10.2 Å². The summed E-state index contributed by atoms with van der Waals surface area (Å²) in [6.45, 7) is 2.91. The number of likely N-dealkylation sites (tertiary alicyclic amines) is 1. The van der Waals surface area contributed by atoms with Gasteiger partial charge in [0.25, 0.3) is 5.91 Å². The lowest BCUT2D eigenvalue weighted by Crippen LogP contribution is -2.53. The van der Waals surface area contributed by atoms with Crippen LogP contribution in [0.1, 0.15) is 47.3 Å². The van der Waals surface area contributed by atoms with Gasteiger partial charge in [0.2, 0.25) is 5.91 Å². The number of carbonyl (C=O) groups is 2. The second-order valence-corrected chi connectivity index (χ2v) is 9.81. The summed E-state index contributed by atoms with van der Waals surface area (Å²) in [5, 5.41) is 3.20. The van der Waals surface area contributed by atoms with E-state index in [4.69, 9.17) is 0 Å². The number of nitrogens with one attached hydrogen (secondary N) is 1. The van der Waals surface area contributed by atoms with Gasteiger partial charge in [-0.25, -0.2) is 4.39 Å². The molecule has 5 nitrogen and oxygen atoms in total. The SMILES string of the molecule is CC(NC(=O)C1(c2ccccc2)CCN(C(=O)c2ccc(-c3ccc(F)cc3)cc2)CC1)c1cccnc1. The van der Waals surface area contributed by atoms with Gasteiger partial charge in [0.05, 0.1) is 11.5 Å². The van der Waals surface area contributed by atoms with E-state index < -0.39 is 5.41 Å². The lowest BCUT2D eigenvalue weighted by Gasteiger charge is -2.41. The van der Waals surface area contributed by atoms with Crippen molar-refractivity contribution in [2.75, 3.05) is 13.1 Å². The molecule has 0 spiro atoms. The Morgan fingerprint density at radius 2 is 1.50 bits per heavy atom. The fraction of sp³-hybridized carbons (Fsp3) is 0.219. The molecule has 6 heteroatoms. The minimum Gasteiger partial charge on any atom is -0.349 e. The first-order valence-corrected chi connectivity index (χ1v) is 12.9. The van der Waals surface area contributed by atoms with Crippen molar-refractivity contribution in [1.82, 2.24) is 15.2 Å². The van der Waals surface area contributed by atoms with Crippen LogP contribution in [0.25, 0.3) is 11.1 Å². The normalized spacial score (nSPS) is 15.5. The highest BCUT2D eigenvalue weighted by molar-refractivity contribution is 5.95. The van der Waals surface area contributed by atoms with Crippen molar-refractivity contribution in [2.45, 2.75) is 31.2 Å². The molecule has 192 valence electrons. The molecule has 2 heterocycles. The summed E-state index contributed by atoms with van der Waals surface area (Å²) in [6.07, 6.45) is 4.54. The first kappa shape index (κ1) is 25.3. The highest BCUT2D eigenvalue weighted by Gasteiger charge is 2.44. The molecule has 2 amide bonds. The Morgan fingerprint density at radius 3 is 2.11 bits per heavy atom. The summed E-state index contributed by atoms with van der Waals surface area (Å²) >= 11 is 0. The average molecular weight is 508 g/mol. The van der Waals surface area contributed by atoms with Crippen LogP contribution in [0.15, 0.2) is 103 Å². The standard InChI is InChI=1S/C32H30FN3O2/c1-23(27-6-5-19-34-22-27)35-31(38)32(28-7-3-2-4-8-28)17-20-36(21-18-32)30(37)26-11-9-24(10-12-26)25-13-15-29(33)16-14-25/h2-16,19,22-23H,17-18,20-21H2,1H3,(H,35,38). The van der Waals surface area contributed by atoms with Crippen molar-refractivity contribution < 1.29 is 14.0 Å². The van der Waals surface area contributed by atoms with Crippen LogP contribution >= 0.6 is 0 Å². The lowest BCUT2D eigenvalue weighted by molar-refractivity contribution is -0.129. The molecule has 38 heavy (non-hydrogen) atoms. The minimum absolute atomic E-state index is 0.0317. The Kier molecular flexibility index (Phi) is 7.31. The van der Waals surface area contributed by atoms with E-state index in [2.05, 4.69) is 10.3 Å². The van der Waals surface area contributed by atoms with Crippen molar-refractivity contribution in [3.8, 4) is 11.1 Å². The Labute approximate surface area is 222 Å². The Bertz CT molecular complexity index is 1380. The molecule has 1 fully saturated rings. The van der Waals surface area contributed by atoms with Crippen LogP contribution in [-0.4, -0.2) is 34.8 Å². The number of carbonyl (C=O) groups excluding carboxylic acids is 2. The smallest absolute Gasteiger partial charge is 0.253 e. The van der Waals surface area contributed by atoms with Crippen molar-refractivity contribution in [2.24, 2.45) is 0 Å². The van der Waals surface area contributed by atoms with Gasteiger partial charge in [0.1, 0.15) is 5.82 Å². The second kappa shape index (κ2) is 11.0. The minimum atomic E-state index is -0.721. The van der Waals surface area contributed by atoms with E-state index in [0.717, 1.165) is 22.3 Å². The lowest BCUT2D eigenvalue weighted by atomic mass is 9.71. The van der Waals surface area contributed by atoms with Gasteiger partial charge in [-0.3, -0.25) is 14.6 Å². The van der Waals surface area contributed by atoms with Crippen molar-refractivity contribution >= 4 is 11.8 Å². The summed E-state index contributed by atoms with van der Waals surface area (Å²) in [6, 6.07) is 27.2. The van der Waals surface area contributed by atoms with E-state index in [1.165, 1.54) is 12.1 Å². The summed E-state index contributed by atoms with van der Waals surface area (Å²) < 4.78 is 13.3. The number of hydrogen-bond acceptors (Lipinski definition) is 3. The zero-order valence-corrected chi connectivity index (χ0v) is 21.3. The third-order valence-corrected chi connectivity index (χ3v) is 7.51. The molecular formula is C32H30FN3O2. The zero-order chi connectivity index (χ0) is 26.5. The second-order valence-electron chi connectivity index (χ2n) is 9.81. The molecule has 1 unspecified atom stereocenters. The molecule has 5 rings (SSSR count). The number of halogens is 1. The molecule has 1 atom stereocenters. The zero-order valence-electron chi connectivity index (χ0n) is 21.3. The fourth-order valence-electron chi connectivity index (χ4n) is 5.18. The van der Waals surface area contributed by atoms with Gasteiger partial charge in [-0.2, -0.15) is 0 Å². The number of hydrogen-bond donors (Lipinski definition) is 1. The number of aromatic nitrogens is 1. The molecule has 3 aromatic carbocycles. The van der Waals surface area contributed by atoms with Crippen molar-refractivity contribution in [3.63, 3.8) is 0 Å². The predicted molar refractivity (Wildman–Crippen MR) is 146 cm³/mol. The Balaban J connectivity index is 1.31. The highest BCUT2D eigenvalue weighted by Crippen LogP contribution is 2.37. The maximum absolute atomic E-state index is 13.8. The molecular weight excluding hydrogens is 477 g/mol. The van der Waals surface area contributed by atoms with Crippen LogP contribution in [0, 0.1) is 5.82 Å². The molecule has 1 aromatic heterocycles. The molecule has 1 aliphatic heterocycles. The van der Waals surface area contributed by atoms with Gasteiger partial charge in [-0.05, 0) is 72.4 Å². The van der Waals surface area contributed by atoms with Gasteiger partial charge in [-0.15, -0.1) is 0 Å². The quantitative estimate of drug-likeness (QED) is 0.351. The number of benzene rings is 3. The number of amides is 2. The number of nitrogens with zero attached hydrogens (tertiary/aromatic N) is 2. The van der Waals surface area contributed by atoms with E-state index in [1.807, 2.05) is 78.6 Å². The molecule has 0 aliphatic carbocycles. The van der Waals surface area contributed by atoms with Crippen molar-refractivity contribution in [3.05, 3.63) is 126 Å². The number of pyridine rings is 1. The average Bonchev–Trinajstić information content (AvgIpc) is 2.98. The third-order valence-electron chi connectivity index (χ3n) is 7.51. The monoisotopic (exact) mass is 507 g/mol. The molecule has 1 saturated heterocycles. The van der Waals surface area contributed by atoms with E-state index in [9.17, 15) is 14.0 Å². The largest absolute Gasteiger partial charge is 0.349 e. The predicted octanol–water partition coefficient (Wildman–Crippen LogP) is 5.94. The first-order chi connectivity index (χ1) is 18.5. The fourth-order valence-corrected chi connectivity index (χ4v) is 5.18. The first-order valence-electron chi connectivity index (χ1n) is 12.9. The van der Waals surface area contributed by atoms with Crippen LogP contribution in [0.3, 0.4) is 0 Å². The molecule has 1 aliphatic rings. The highest BCUT2D eigenvalue weighted by atomic mass is 19.1. The van der Waals surface area contributed by atoms with Crippen LogP contribution in [0.5, 0.6) is 0 Å². The molecule has 1 N–H and O–H groups in total. The van der Waals surface area contributed by atoms with Gasteiger partial charge in [-0.1, -0.05) is 60.7 Å². The summed E-state index contributed by atoms with van der Waals surface area (Å²) in [4.78, 5) is 33.1. The van der Waals surface area contributed by atoms with Crippen LogP contribution in [0.4, 0.5) is 4.39 Å². The maximum atomic E-state index is 13.8. The Hall–Kier alpha value is -4.32. The van der Waals surface area contributed by atoms with Gasteiger partial charge < -0.3 is 10.2 Å². The van der Waals surface area contributed by atoms with Crippen LogP contribution in [0.2, 0.25) is 0 Å². The maximum Gasteiger partial charge on any atom is 0.253 e. The molecule has 0 bridgehead atoms.